The van der Waals surface area contributed by atoms with E-state index in [0.717, 1.165) is 51.7 Å². The molecule has 13 heteroatoms. The van der Waals surface area contributed by atoms with Crippen LogP contribution in [0.4, 0.5) is 5.69 Å². The summed E-state index contributed by atoms with van der Waals surface area (Å²) in [5.41, 5.74) is 4.05. The van der Waals surface area contributed by atoms with Crippen molar-refractivity contribution in [1.82, 2.24) is 30.2 Å². The molecule has 1 unspecified atom stereocenters. The van der Waals surface area contributed by atoms with Gasteiger partial charge in [0, 0.05) is 36.4 Å². The van der Waals surface area contributed by atoms with Gasteiger partial charge in [-0.1, -0.05) is 44.2 Å². The normalized spacial score (nSPS) is 19.7. The summed E-state index contributed by atoms with van der Waals surface area (Å²) in [5.74, 6) is 0.121. The number of benzene rings is 3. The number of imide groups is 2. The van der Waals surface area contributed by atoms with Gasteiger partial charge in [-0.25, -0.2) is 4.98 Å². The zero-order valence-corrected chi connectivity index (χ0v) is 29.2. The summed E-state index contributed by atoms with van der Waals surface area (Å²) in [6.07, 6.45) is 5.02. The minimum absolute atomic E-state index is 0.0412. The highest BCUT2D eigenvalue weighted by atomic mass is 16.5. The average Bonchev–Trinajstić information content (AvgIpc) is 3.77. The molecule has 5 aromatic rings. The molecule has 268 valence electrons. The van der Waals surface area contributed by atoms with Crippen LogP contribution in [-0.2, 0) is 21.6 Å². The highest BCUT2D eigenvalue weighted by molar-refractivity contribution is 6.23. The van der Waals surface area contributed by atoms with Gasteiger partial charge in [0.1, 0.15) is 30.3 Å². The molecule has 2 aliphatic heterocycles. The predicted octanol–water partition coefficient (Wildman–Crippen LogP) is 4.99. The van der Waals surface area contributed by atoms with Gasteiger partial charge in [0.05, 0.1) is 29.2 Å². The summed E-state index contributed by atoms with van der Waals surface area (Å²) in [7, 11) is 0. The van der Waals surface area contributed by atoms with Crippen molar-refractivity contribution in [2.75, 3.05) is 5.32 Å². The Morgan fingerprint density at radius 3 is 2.21 bits per heavy atom. The lowest BCUT2D eigenvalue weighted by Gasteiger charge is -2.36. The molecule has 53 heavy (non-hydrogen) atoms. The quantitative estimate of drug-likeness (QED) is 0.179. The fourth-order valence-corrected chi connectivity index (χ4v) is 7.00. The standard InChI is InChI=1S/C40H37N7O6/c1-40(2,24-6-11-29(12-7-24)52-23-27-4-3-5-35(44-27)47-41-18-19-42-47)25-8-13-30(14-9-25)53-31-20-28(21-31)43-26-10-15-32-33(22-26)39(51)46(38(32)50)34-16-17-36(48)45-37(34)49/h3-15,18-19,22,28,31,34,43H,16-17,20-21,23H2,1-2H3,(H,45,48,49). The number of hydrogen-bond donors (Lipinski definition) is 2. The monoisotopic (exact) mass is 711 g/mol. The van der Waals surface area contributed by atoms with E-state index in [0.29, 0.717) is 12.4 Å². The summed E-state index contributed by atoms with van der Waals surface area (Å²) < 4.78 is 12.3. The highest BCUT2D eigenvalue weighted by Gasteiger charge is 2.45. The van der Waals surface area contributed by atoms with Crippen LogP contribution in [0, 0.1) is 0 Å². The first-order valence-electron chi connectivity index (χ1n) is 17.6. The summed E-state index contributed by atoms with van der Waals surface area (Å²) in [6, 6.07) is 26.2. The van der Waals surface area contributed by atoms with E-state index in [1.807, 2.05) is 42.5 Å². The molecule has 4 heterocycles. The first-order chi connectivity index (χ1) is 25.6. The Morgan fingerprint density at radius 1 is 0.830 bits per heavy atom. The molecule has 8 rings (SSSR count). The Morgan fingerprint density at radius 2 is 1.51 bits per heavy atom. The predicted molar refractivity (Wildman–Crippen MR) is 193 cm³/mol. The largest absolute Gasteiger partial charge is 0.490 e. The van der Waals surface area contributed by atoms with Gasteiger partial charge in [0.15, 0.2) is 5.82 Å². The van der Waals surface area contributed by atoms with E-state index >= 15 is 0 Å². The zero-order valence-electron chi connectivity index (χ0n) is 29.2. The van der Waals surface area contributed by atoms with Crippen molar-refractivity contribution < 1.29 is 28.7 Å². The second-order valence-corrected chi connectivity index (χ2v) is 14.0. The lowest BCUT2D eigenvalue weighted by molar-refractivity contribution is -0.136. The second-order valence-electron chi connectivity index (χ2n) is 14.0. The number of pyridine rings is 1. The Balaban J connectivity index is 0.823. The van der Waals surface area contributed by atoms with Crippen LogP contribution < -0.4 is 20.1 Å². The van der Waals surface area contributed by atoms with E-state index in [1.165, 1.54) is 4.80 Å². The molecule has 1 saturated heterocycles. The van der Waals surface area contributed by atoms with Gasteiger partial charge in [-0.2, -0.15) is 10.2 Å². The van der Waals surface area contributed by atoms with E-state index in [1.54, 1.807) is 30.6 Å². The molecule has 0 radical (unpaired) electrons. The number of nitrogens with zero attached hydrogens (tertiary/aromatic N) is 5. The first kappa shape index (κ1) is 33.8. The molecule has 2 N–H and O–H groups in total. The maximum atomic E-state index is 13.2. The number of nitrogens with one attached hydrogen (secondary N) is 2. The highest BCUT2D eigenvalue weighted by Crippen LogP contribution is 2.36. The van der Waals surface area contributed by atoms with E-state index in [2.05, 4.69) is 63.9 Å². The maximum Gasteiger partial charge on any atom is 0.262 e. The van der Waals surface area contributed by atoms with E-state index in [4.69, 9.17) is 9.47 Å². The molecule has 3 aliphatic rings. The molecule has 3 aromatic carbocycles. The SMILES string of the molecule is CC(C)(c1ccc(OCc2cccc(-n3nccn3)n2)cc1)c1ccc(OC2CC(Nc3ccc4c(c3)C(=O)N(C3CCC(=O)NC3=O)C4=O)C2)cc1. The van der Waals surface area contributed by atoms with Crippen molar-refractivity contribution in [2.45, 2.75) is 69.7 Å². The van der Waals surface area contributed by atoms with Crippen molar-refractivity contribution in [3.8, 4) is 17.3 Å². The molecular weight excluding hydrogens is 674 g/mol. The summed E-state index contributed by atoms with van der Waals surface area (Å²) >= 11 is 0. The van der Waals surface area contributed by atoms with Gasteiger partial charge in [-0.05, 0) is 72.1 Å². The molecule has 1 saturated carbocycles. The lowest BCUT2D eigenvalue weighted by Crippen LogP contribution is -2.54. The number of carbonyl (C=O) groups excluding carboxylic acids is 4. The number of amides is 4. The Bertz CT molecular complexity index is 2200. The number of ether oxygens (including phenoxy) is 2. The van der Waals surface area contributed by atoms with Crippen molar-refractivity contribution >= 4 is 29.3 Å². The van der Waals surface area contributed by atoms with Crippen LogP contribution in [0.2, 0.25) is 0 Å². The second kappa shape index (κ2) is 13.6. The molecule has 0 bridgehead atoms. The van der Waals surface area contributed by atoms with Crippen molar-refractivity contribution in [1.29, 1.82) is 0 Å². The van der Waals surface area contributed by atoms with Crippen LogP contribution in [0.5, 0.6) is 11.5 Å². The van der Waals surface area contributed by atoms with Crippen LogP contribution in [0.15, 0.2) is 97.3 Å². The van der Waals surface area contributed by atoms with Crippen molar-refractivity contribution in [2.24, 2.45) is 0 Å². The number of piperidine rings is 1. The van der Waals surface area contributed by atoms with Crippen molar-refractivity contribution in [3.63, 3.8) is 0 Å². The third-order valence-electron chi connectivity index (χ3n) is 10.2. The minimum atomic E-state index is -0.987. The minimum Gasteiger partial charge on any atom is -0.490 e. The molecule has 2 fully saturated rings. The lowest BCUT2D eigenvalue weighted by atomic mass is 9.78. The van der Waals surface area contributed by atoms with E-state index in [9.17, 15) is 19.2 Å². The van der Waals surface area contributed by atoms with Gasteiger partial charge in [0.25, 0.3) is 11.8 Å². The van der Waals surface area contributed by atoms with E-state index < -0.39 is 29.7 Å². The number of anilines is 1. The smallest absolute Gasteiger partial charge is 0.262 e. The summed E-state index contributed by atoms with van der Waals surface area (Å²) in [5, 5.41) is 13.9. The van der Waals surface area contributed by atoms with Crippen molar-refractivity contribution in [3.05, 3.63) is 125 Å². The Kier molecular flexibility index (Phi) is 8.69. The average molecular weight is 712 g/mol. The third kappa shape index (κ3) is 6.73. The van der Waals surface area contributed by atoms with Gasteiger partial charge >= 0.3 is 0 Å². The fraction of sp³-hybridized carbons (Fsp3) is 0.275. The van der Waals surface area contributed by atoms with Crippen LogP contribution in [0.25, 0.3) is 5.82 Å². The first-order valence-corrected chi connectivity index (χ1v) is 17.6. The molecule has 1 aliphatic carbocycles. The molecule has 2 aromatic heterocycles. The Labute approximate surface area is 305 Å². The van der Waals surface area contributed by atoms with Crippen LogP contribution in [0.3, 0.4) is 0 Å². The molecule has 1 atom stereocenters. The summed E-state index contributed by atoms with van der Waals surface area (Å²) in [6.45, 7) is 4.70. The number of aromatic nitrogens is 4. The maximum absolute atomic E-state index is 13.2. The van der Waals surface area contributed by atoms with Crippen LogP contribution in [0.1, 0.15) is 77.1 Å². The van der Waals surface area contributed by atoms with Crippen LogP contribution >= 0.6 is 0 Å². The summed E-state index contributed by atoms with van der Waals surface area (Å²) in [4.78, 5) is 57.1. The number of rotatable bonds is 11. The number of hydrogen-bond acceptors (Lipinski definition) is 10. The van der Waals surface area contributed by atoms with Gasteiger partial charge < -0.3 is 14.8 Å². The topological polar surface area (TPSA) is 158 Å². The van der Waals surface area contributed by atoms with Crippen LogP contribution in [-0.4, -0.2) is 66.7 Å². The van der Waals surface area contributed by atoms with E-state index in [-0.39, 0.29) is 41.5 Å². The Hall–Kier alpha value is -6.37. The molecular formula is C40H37N7O6. The third-order valence-corrected chi connectivity index (χ3v) is 10.2. The fourth-order valence-electron chi connectivity index (χ4n) is 7.00. The number of carbonyl (C=O) groups is 4. The van der Waals surface area contributed by atoms with Gasteiger partial charge in [-0.15, -0.1) is 4.80 Å². The van der Waals surface area contributed by atoms with Gasteiger partial charge in [-0.3, -0.25) is 29.4 Å². The van der Waals surface area contributed by atoms with Gasteiger partial charge in [0.2, 0.25) is 11.8 Å². The molecule has 0 spiro atoms. The molecule has 4 amide bonds. The molecule has 13 nitrogen and oxygen atoms in total. The zero-order chi connectivity index (χ0) is 36.7. The number of fused-ring (bicyclic) bond motifs is 1.